The number of rotatable bonds is 8. The topological polar surface area (TPSA) is 99.6 Å². The minimum absolute atomic E-state index is 0.000867. The number of thiazole rings is 1. The van der Waals surface area contributed by atoms with Gasteiger partial charge in [0.1, 0.15) is 11.1 Å². The molecule has 1 aromatic carbocycles. The lowest BCUT2D eigenvalue weighted by molar-refractivity contribution is -0.118. The van der Waals surface area contributed by atoms with Crippen LogP contribution in [-0.2, 0) is 16.0 Å². The summed E-state index contributed by atoms with van der Waals surface area (Å²) in [5.41, 5.74) is 0.344. The number of amides is 1. The molecule has 4 rings (SSSR count). The quantitative estimate of drug-likeness (QED) is 0.371. The molecule has 2 aromatic heterocycles. The van der Waals surface area contributed by atoms with Gasteiger partial charge in [0.25, 0.3) is 0 Å². The first kappa shape index (κ1) is 24.7. The Hall–Kier alpha value is -3.44. The van der Waals surface area contributed by atoms with Gasteiger partial charge in [-0.25, -0.2) is 13.8 Å². The highest BCUT2D eigenvalue weighted by Crippen LogP contribution is 2.34. The molecule has 2 atom stereocenters. The van der Waals surface area contributed by atoms with Gasteiger partial charge < -0.3 is 19.5 Å². The zero-order chi connectivity index (χ0) is 25.1. The highest BCUT2D eigenvalue weighted by atomic mass is 32.1. The van der Waals surface area contributed by atoms with E-state index in [-0.39, 0.29) is 34.4 Å². The largest absolute Gasteiger partial charge is 0.494 e. The van der Waals surface area contributed by atoms with E-state index in [1.165, 1.54) is 26.5 Å². The second kappa shape index (κ2) is 10.4. The number of fused-ring (bicyclic) bond motifs is 1. The average Bonchev–Trinajstić information content (AvgIpc) is 3.29. The van der Waals surface area contributed by atoms with Crippen LogP contribution in [0.25, 0.3) is 10.2 Å². The summed E-state index contributed by atoms with van der Waals surface area (Å²) in [6.45, 7) is 4.50. The molecule has 8 nitrogen and oxygen atoms in total. The lowest BCUT2D eigenvalue weighted by Crippen LogP contribution is -2.45. The van der Waals surface area contributed by atoms with Crippen molar-refractivity contribution in [3.8, 4) is 11.5 Å². The first-order valence-electron chi connectivity index (χ1n) is 10.8. The fraction of sp³-hybridized carbons (Fsp3) is 0.333. The fourth-order valence-electron chi connectivity index (χ4n) is 3.97. The molecule has 0 bridgehead atoms. The number of nitrogens with zero attached hydrogens (tertiary/aromatic N) is 2. The maximum atomic E-state index is 14.8. The number of carbonyl (C=O) groups excluding carboxylic acids is 2. The molecule has 1 N–H and O–H groups in total. The molecule has 1 saturated heterocycles. The van der Waals surface area contributed by atoms with E-state index in [1.807, 2.05) is 0 Å². The molecule has 1 fully saturated rings. The summed E-state index contributed by atoms with van der Waals surface area (Å²) in [4.78, 5) is 33.5. The minimum Gasteiger partial charge on any atom is -0.494 e. The van der Waals surface area contributed by atoms with E-state index < -0.39 is 23.0 Å². The van der Waals surface area contributed by atoms with Gasteiger partial charge in [0.05, 0.1) is 31.7 Å². The van der Waals surface area contributed by atoms with Crippen LogP contribution in [-0.4, -0.2) is 55.1 Å². The van der Waals surface area contributed by atoms with Crippen LogP contribution in [0.5, 0.6) is 11.5 Å². The first-order chi connectivity index (χ1) is 16.9. The van der Waals surface area contributed by atoms with Crippen LogP contribution in [0.1, 0.15) is 27.5 Å². The highest BCUT2D eigenvalue weighted by molar-refractivity contribution is 7.20. The molecule has 35 heavy (non-hydrogen) atoms. The molecule has 3 aromatic rings. The van der Waals surface area contributed by atoms with E-state index >= 15 is 0 Å². The second-order valence-electron chi connectivity index (χ2n) is 7.92. The lowest BCUT2D eigenvalue weighted by Gasteiger charge is -2.31. The molecule has 0 saturated carbocycles. The number of benzene rings is 1. The Balaban J connectivity index is 1.62. The van der Waals surface area contributed by atoms with Gasteiger partial charge in [0.2, 0.25) is 11.7 Å². The Morgan fingerprint density at radius 2 is 1.97 bits per heavy atom. The number of halogens is 2. The van der Waals surface area contributed by atoms with Gasteiger partial charge in [-0.05, 0) is 25.0 Å². The number of carbonyl (C=O) groups is 2. The fourth-order valence-corrected chi connectivity index (χ4v) is 4.92. The van der Waals surface area contributed by atoms with Gasteiger partial charge in [-0.15, -0.1) is 11.3 Å². The zero-order valence-electron chi connectivity index (χ0n) is 19.1. The Morgan fingerprint density at radius 1 is 1.26 bits per heavy atom. The molecule has 0 spiro atoms. The number of hydrogen-bond donors (Lipinski definition) is 1. The van der Waals surface area contributed by atoms with E-state index in [1.54, 1.807) is 6.07 Å². The van der Waals surface area contributed by atoms with Gasteiger partial charge in [-0.2, -0.15) is 0 Å². The normalized spacial score (nSPS) is 17.7. The highest BCUT2D eigenvalue weighted by Gasteiger charge is 2.29. The Kier molecular flexibility index (Phi) is 7.37. The number of ketones is 1. The number of aromatic nitrogens is 2. The van der Waals surface area contributed by atoms with Gasteiger partial charge in [-0.1, -0.05) is 6.58 Å². The SMILES string of the molecule is C=CC(=O)NC1CCOCC1Cc1cc2sc(C(=O)c3c(F)c(OC)cc(OC)c3F)nc2cn1. The van der Waals surface area contributed by atoms with Crippen LogP contribution in [0, 0.1) is 17.6 Å². The molecule has 1 amide bonds. The van der Waals surface area contributed by atoms with E-state index in [0.717, 1.165) is 17.4 Å². The van der Waals surface area contributed by atoms with Crippen LogP contribution in [0.4, 0.5) is 8.78 Å². The number of hydrogen-bond acceptors (Lipinski definition) is 8. The molecule has 0 radical (unpaired) electrons. The van der Waals surface area contributed by atoms with Crippen molar-refractivity contribution in [1.82, 2.24) is 15.3 Å². The van der Waals surface area contributed by atoms with Gasteiger partial charge in [0.15, 0.2) is 28.1 Å². The summed E-state index contributed by atoms with van der Waals surface area (Å²) < 4.78 is 45.6. The standard InChI is InChI=1S/C24H23F2N3O5S/c1-4-19(30)28-14-5-6-34-11-12(14)7-13-8-18-15(10-27-13)29-24(35-18)23(31)20-21(25)16(32-2)9-17(33-3)22(20)26/h4,8-10,12,14H,1,5-7,11H2,2-3H3,(H,28,30). The predicted octanol–water partition coefficient (Wildman–Crippen LogP) is 3.47. The van der Waals surface area contributed by atoms with Crippen LogP contribution < -0.4 is 14.8 Å². The molecular formula is C24H23F2N3O5S. The molecule has 0 aliphatic carbocycles. The van der Waals surface area contributed by atoms with Crippen LogP contribution >= 0.6 is 11.3 Å². The van der Waals surface area contributed by atoms with Crippen molar-refractivity contribution in [3.05, 3.63) is 58.9 Å². The van der Waals surface area contributed by atoms with Crippen molar-refractivity contribution in [1.29, 1.82) is 0 Å². The van der Waals surface area contributed by atoms with Crippen molar-refractivity contribution in [2.75, 3.05) is 27.4 Å². The number of pyridine rings is 1. The monoisotopic (exact) mass is 503 g/mol. The van der Waals surface area contributed by atoms with Crippen LogP contribution in [0.2, 0.25) is 0 Å². The lowest BCUT2D eigenvalue weighted by atomic mass is 9.91. The molecular weight excluding hydrogens is 480 g/mol. The predicted molar refractivity (Wildman–Crippen MR) is 125 cm³/mol. The van der Waals surface area contributed by atoms with E-state index in [2.05, 4.69) is 21.9 Å². The van der Waals surface area contributed by atoms with E-state index in [0.29, 0.717) is 42.0 Å². The molecule has 184 valence electrons. The molecule has 2 unspecified atom stereocenters. The minimum atomic E-state index is -1.13. The Labute approximate surface area is 203 Å². The summed E-state index contributed by atoms with van der Waals surface area (Å²) in [5.74, 6) is -4.05. The van der Waals surface area contributed by atoms with Crippen molar-refractivity contribution >= 4 is 33.2 Å². The summed E-state index contributed by atoms with van der Waals surface area (Å²) in [7, 11) is 2.42. The van der Waals surface area contributed by atoms with Crippen LogP contribution in [0.3, 0.4) is 0 Å². The van der Waals surface area contributed by atoms with Gasteiger partial charge in [0, 0.05) is 30.3 Å². The summed E-state index contributed by atoms with van der Waals surface area (Å²) >= 11 is 1.01. The number of ether oxygens (including phenoxy) is 3. The van der Waals surface area contributed by atoms with Crippen molar-refractivity contribution in [2.45, 2.75) is 18.9 Å². The van der Waals surface area contributed by atoms with Crippen molar-refractivity contribution in [3.63, 3.8) is 0 Å². The van der Waals surface area contributed by atoms with Crippen molar-refractivity contribution < 1.29 is 32.6 Å². The third kappa shape index (κ3) is 5.01. The summed E-state index contributed by atoms with van der Waals surface area (Å²) in [6.07, 6.45) is 3.94. The smallest absolute Gasteiger partial charge is 0.243 e. The second-order valence-corrected chi connectivity index (χ2v) is 8.95. The third-order valence-corrected chi connectivity index (χ3v) is 6.80. The van der Waals surface area contributed by atoms with Crippen molar-refractivity contribution in [2.24, 2.45) is 5.92 Å². The first-order valence-corrected chi connectivity index (χ1v) is 11.6. The summed E-state index contributed by atoms with van der Waals surface area (Å²) in [5, 5.41) is 2.84. The number of methoxy groups -OCH3 is 2. The van der Waals surface area contributed by atoms with E-state index in [4.69, 9.17) is 14.2 Å². The van der Waals surface area contributed by atoms with E-state index in [9.17, 15) is 18.4 Å². The maximum Gasteiger partial charge on any atom is 0.243 e. The molecule has 11 heteroatoms. The number of nitrogens with one attached hydrogen (secondary N) is 1. The van der Waals surface area contributed by atoms with Gasteiger partial charge >= 0.3 is 0 Å². The Bertz CT molecular complexity index is 1270. The zero-order valence-corrected chi connectivity index (χ0v) is 19.9. The maximum absolute atomic E-state index is 14.8. The molecule has 1 aliphatic heterocycles. The average molecular weight is 504 g/mol. The van der Waals surface area contributed by atoms with Crippen LogP contribution in [0.15, 0.2) is 31.0 Å². The van der Waals surface area contributed by atoms with Gasteiger partial charge in [-0.3, -0.25) is 14.6 Å². The molecule has 3 heterocycles. The third-order valence-electron chi connectivity index (χ3n) is 5.78. The summed E-state index contributed by atoms with van der Waals surface area (Å²) in [6, 6.07) is 2.73. The Morgan fingerprint density at radius 3 is 2.63 bits per heavy atom. The molecule has 1 aliphatic rings.